The number of halogens is 2. The summed E-state index contributed by atoms with van der Waals surface area (Å²) < 4.78 is 22.1. The average molecular weight is 405 g/mol. The van der Waals surface area contributed by atoms with Crippen molar-refractivity contribution >= 4 is 40.3 Å². The highest BCUT2D eigenvalue weighted by Gasteiger charge is 2.15. The fraction of sp³-hybridized carbons (Fsp3) is 0.188. The molecule has 28 heavy (non-hydrogen) atoms. The van der Waals surface area contributed by atoms with Crippen LogP contribution < -0.4 is 10.6 Å². The Labute approximate surface area is 162 Å². The molecule has 4 aromatic heterocycles. The topological polar surface area (TPSA) is 111 Å². The van der Waals surface area contributed by atoms with Crippen molar-refractivity contribution in [1.29, 1.82) is 0 Å². The molecule has 0 saturated carbocycles. The van der Waals surface area contributed by atoms with Crippen molar-refractivity contribution in [1.82, 2.24) is 29.2 Å². The first kappa shape index (κ1) is 18.1. The van der Waals surface area contributed by atoms with Crippen LogP contribution in [0.3, 0.4) is 0 Å². The number of carbonyl (C=O) groups excluding carboxylic acids is 1. The molecule has 0 atom stereocenters. The maximum Gasteiger partial charge on any atom is 0.323 e. The molecule has 0 aliphatic carbocycles. The third-order valence-corrected chi connectivity index (χ3v) is 4.02. The van der Waals surface area contributed by atoms with E-state index in [2.05, 4.69) is 30.8 Å². The molecular weight excluding hydrogens is 391 g/mol. The van der Waals surface area contributed by atoms with Gasteiger partial charge in [-0.1, -0.05) is 11.6 Å². The Balaban J connectivity index is 1.61. The van der Waals surface area contributed by atoms with Crippen LogP contribution in [0.15, 0.2) is 24.5 Å². The lowest BCUT2D eigenvalue weighted by Crippen LogP contribution is -2.22. The fourth-order valence-corrected chi connectivity index (χ4v) is 2.91. The molecule has 0 aromatic carbocycles. The van der Waals surface area contributed by atoms with Gasteiger partial charge in [0.25, 0.3) is 0 Å². The van der Waals surface area contributed by atoms with Crippen LogP contribution in [0.1, 0.15) is 11.5 Å². The maximum absolute atomic E-state index is 14.1. The molecule has 0 saturated heterocycles. The van der Waals surface area contributed by atoms with Crippen molar-refractivity contribution in [2.45, 2.75) is 13.5 Å². The summed E-state index contributed by atoms with van der Waals surface area (Å²) in [7, 11) is 1.51. The van der Waals surface area contributed by atoms with Crippen LogP contribution >= 0.6 is 11.6 Å². The summed E-state index contributed by atoms with van der Waals surface area (Å²) in [6.07, 6.45) is 2.93. The molecule has 10 nitrogen and oxygen atoms in total. The minimum atomic E-state index is -0.604. The molecule has 0 fully saturated rings. The van der Waals surface area contributed by atoms with Crippen molar-refractivity contribution < 1.29 is 13.9 Å². The summed E-state index contributed by atoms with van der Waals surface area (Å²) in [6, 6.07) is 2.14. The Kier molecular flexibility index (Phi) is 4.53. The van der Waals surface area contributed by atoms with E-state index in [1.54, 1.807) is 13.0 Å². The molecule has 2 N–H and O–H groups in total. The minimum absolute atomic E-state index is 0.0797. The van der Waals surface area contributed by atoms with E-state index in [-0.39, 0.29) is 23.1 Å². The molecule has 2 amide bonds. The van der Waals surface area contributed by atoms with Gasteiger partial charge in [-0.2, -0.15) is 10.2 Å². The van der Waals surface area contributed by atoms with Crippen LogP contribution in [0, 0.1) is 12.7 Å². The zero-order valence-corrected chi connectivity index (χ0v) is 15.5. The number of nitrogens with one attached hydrogen (secondary N) is 2. The lowest BCUT2D eigenvalue weighted by Gasteiger charge is -2.12. The van der Waals surface area contributed by atoms with E-state index in [9.17, 15) is 9.18 Å². The molecule has 144 valence electrons. The Morgan fingerprint density at radius 2 is 2.14 bits per heavy atom. The molecule has 4 heterocycles. The predicted molar refractivity (Wildman–Crippen MR) is 99.0 cm³/mol. The summed E-state index contributed by atoms with van der Waals surface area (Å²) >= 11 is 5.92. The molecule has 12 heteroatoms. The van der Waals surface area contributed by atoms with E-state index in [0.29, 0.717) is 22.9 Å². The molecule has 4 aromatic rings. The molecule has 4 rings (SSSR count). The van der Waals surface area contributed by atoms with Crippen LogP contribution in [-0.4, -0.2) is 42.3 Å². The number of methoxy groups -OCH3 is 1. The maximum atomic E-state index is 14.1. The number of ether oxygens (including phenoxy) is 1. The number of hydrogen-bond acceptors (Lipinski definition) is 6. The van der Waals surface area contributed by atoms with Gasteiger partial charge >= 0.3 is 6.03 Å². The van der Waals surface area contributed by atoms with Crippen molar-refractivity contribution in [3.05, 3.63) is 47.0 Å². The third-order valence-electron chi connectivity index (χ3n) is 3.83. The van der Waals surface area contributed by atoms with Crippen molar-refractivity contribution in [3.63, 3.8) is 0 Å². The monoisotopic (exact) mass is 404 g/mol. The van der Waals surface area contributed by atoms with Crippen LogP contribution in [0.4, 0.5) is 20.6 Å². The number of aryl methyl sites for hydroxylation is 1. The molecule has 0 unspecified atom stereocenters. The van der Waals surface area contributed by atoms with Gasteiger partial charge in [-0.05, 0) is 6.92 Å². The van der Waals surface area contributed by atoms with E-state index in [0.717, 1.165) is 6.07 Å². The number of rotatable bonds is 4. The number of pyridine rings is 1. The van der Waals surface area contributed by atoms with E-state index in [1.165, 1.54) is 28.5 Å². The first-order chi connectivity index (χ1) is 13.4. The highest BCUT2D eigenvalue weighted by molar-refractivity contribution is 6.29. The van der Waals surface area contributed by atoms with Crippen molar-refractivity contribution in [2.75, 3.05) is 17.7 Å². The van der Waals surface area contributed by atoms with Gasteiger partial charge in [0.05, 0.1) is 36.1 Å². The standard InChI is InChI=1S/C16H14ClFN8O2/c1-8-20-15-10(18)3-9(6-25(15)23-8)21-16(27)22-11-5-19-14-4-13(17)24-26(14)12(11)7-28-2/h3-6H,7H2,1-2H3,(H2,21,22,27). The molecule has 0 spiro atoms. The van der Waals surface area contributed by atoms with Gasteiger partial charge in [0.1, 0.15) is 5.82 Å². The number of urea groups is 1. The summed E-state index contributed by atoms with van der Waals surface area (Å²) in [6.45, 7) is 1.81. The summed E-state index contributed by atoms with van der Waals surface area (Å²) in [4.78, 5) is 20.6. The molecule has 0 aliphatic rings. The number of amides is 2. The Morgan fingerprint density at radius 3 is 2.93 bits per heavy atom. The zero-order chi connectivity index (χ0) is 19.8. The first-order valence-corrected chi connectivity index (χ1v) is 8.45. The highest BCUT2D eigenvalue weighted by Crippen LogP contribution is 2.20. The van der Waals surface area contributed by atoms with Gasteiger partial charge in [-0.15, -0.1) is 0 Å². The summed E-state index contributed by atoms with van der Waals surface area (Å²) in [5.74, 6) is -0.185. The van der Waals surface area contributed by atoms with Crippen molar-refractivity contribution in [3.8, 4) is 0 Å². The minimum Gasteiger partial charge on any atom is -0.378 e. The van der Waals surface area contributed by atoms with Gasteiger partial charge in [-0.25, -0.2) is 28.2 Å². The number of hydrogen-bond donors (Lipinski definition) is 2. The van der Waals surface area contributed by atoms with Crippen LogP contribution in [-0.2, 0) is 11.3 Å². The Hall–Kier alpha value is -3.31. The molecule has 0 bridgehead atoms. The largest absolute Gasteiger partial charge is 0.378 e. The van der Waals surface area contributed by atoms with Crippen molar-refractivity contribution in [2.24, 2.45) is 0 Å². The second-order valence-electron chi connectivity index (χ2n) is 5.87. The number of anilines is 2. The summed E-state index contributed by atoms with van der Waals surface area (Å²) in [5.41, 5.74) is 1.71. The Bertz CT molecular complexity index is 1200. The predicted octanol–water partition coefficient (Wildman–Crippen LogP) is 2.66. The normalized spacial score (nSPS) is 11.3. The van der Waals surface area contributed by atoms with Gasteiger partial charge in [-0.3, -0.25) is 0 Å². The number of aromatic nitrogens is 6. The lowest BCUT2D eigenvalue weighted by molar-refractivity contribution is 0.180. The van der Waals surface area contributed by atoms with E-state index < -0.39 is 11.8 Å². The smallest absolute Gasteiger partial charge is 0.323 e. The zero-order valence-electron chi connectivity index (χ0n) is 14.8. The summed E-state index contributed by atoms with van der Waals surface area (Å²) in [5, 5.41) is 13.6. The highest BCUT2D eigenvalue weighted by atomic mass is 35.5. The van der Waals surface area contributed by atoms with Crippen LogP contribution in [0.5, 0.6) is 0 Å². The first-order valence-electron chi connectivity index (χ1n) is 8.07. The van der Waals surface area contributed by atoms with Gasteiger partial charge in [0, 0.05) is 19.2 Å². The van der Waals surface area contributed by atoms with E-state index in [1.807, 2.05) is 0 Å². The second kappa shape index (κ2) is 7.02. The lowest BCUT2D eigenvalue weighted by atomic mass is 10.3. The molecular formula is C16H14ClFN8O2. The van der Waals surface area contributed by atoms with Crippen LogP contribution in [0.25, 0.3) is 11.3 Å². The number of fused-ring (bicyclic) bond motifs is 2. The van der Waals surface area contributed by atoms with Crippen LogP contribution in [0.2, 0.25) is 5.15 Å². The number of carbonyl (C=O) groups is 1. The third kappa shape index (κ3) is 3.32. The second-order valence-corrected chi connectivity index (χ2v) is 6.26. The SMILES string of the molecule is COCc1c(NC(=O)Nc2cc(F)c3nc(C)nn3c2)cnc2cc(Cl)nn12. The van der Waals surface area contributed by atoms with E-state index in [4.69, 9.17) is 16.3 Å². The van der Waals surface area contributed by atoms with Gasteiger partial charge < -0.3 is 15.4 Å². The Morgan fingerprint density at radius 1 is 1.32 bits per heavy atom. The van der Waals surface area contributed by atoms with Gasteiger partial charge in [0.15, 0.2) is 22.3 Å². The average Bonchev–Trinajstić information content (AvgIpc) is 3.18. The fourth-order valence-electron chi connectivity index (χ4n) is 2.74. The van der Waals surface area contributed by atoms with Gasteiger partial charge in [0.2, 0.25) is 0 Å². The van der Waals surface area contributed by atoms with E-state index >= 15 is 0 Å². The quantitative estimate of drug-likeness (QED) is 0.541. The number of nitrogens with zero attached hydrogens (tertiary/aromatic N) is 6. The molecule has 0 radical (unpaired) electrons. The molecule has 0 aliphatic heterocycles.